The minimum absolute atomic E-state index is 0.0154. The zero-order valence-corrected chi connectivity index (χ0v) is 11.6. The summed E-state index contributed by atoms with van der Waals surface area (Å²) in [5.41, 5.74) is 8.71. The lowest BCUT2D eigenvalue weighted by atomic mass is 10.2. The molecule has 0 fully saturated rings. The van der Waals surface area contributed by atoms with Crippen molar-refractivity contribution in [3.63, 3.8) is 0 Å². The molecule has 0 spiro atoms. The van der Waals surface area contributed by atoms with Crippen molar-refractivity contribution in [2.45, 2.75) is 13.1 Å². The van der Waals surface area contributed by atoms with E-state index in [2.05, 4.69) is 21.4 Å². The van der Waals surface area contributed by atoms with Crippen LogP contribution in [0, 0.1) is 0 Å². The van der Waals surface area contributed by atoms with Gasteiger partial charge in [-0.1, -0.05) is 28.7 Å². The maximum absolute atomic E-state index is 11.0. The highest BCUT2D eigenvalue weighted by Gasteiger charge is 2.02. The lowest BCUT2D eigenvalue weighted by Crippen LogP contribution is -2.13. The third-order valence-electron chi connectivity index (χ3n) is 2.68. The van der Waals surface area contributed by atoms with Crippen LogP contribution in [0.1, 0.15) is 11.3 Å². The van der Waals surface area contributed by atoms with Crippen molar-refractivity contribution in [3.8, 4) is 0 Å². The quantitative estimate of drug-likeness (QED) is 0.686. The zero-order valence-electron chi connectivity index (χ0n) is 9.97. The van der Waals surface area contributed by atoms with Gasteiger partial charge in [0.1, 0.15) is 0 Å². The molecule has 19 heavy (non-hydrogen) atoms. The first-order chi connectivity index (χ1) is 9.20. The Bertz CT molecular complexity index is 758. The van der Waals surface area contributed by atoms with Crippen molar-refractivity contribution in [3.05, 3.63) is 44.5 Å². The Hall–Kier alpha value is -1.70. The van der Waals surface area contributed by atoms with Gasteiger partial charge >= 0.3 is 4.87 Å². The summed E-state index contributed by atoms with van der Waals surface area (Å²) in [4.78, 5) is 18.0. The fourth-order valence-electron chi connectivity index (χ4n) is 1.84. The van der Waals surface area contributed by atoms with Crippen LogP contribution in [0.4, 0.5) is 5.13 Å². The third kappa shape index (κ3) is 2.83. The van der Waals surface area contributed by atoms with Crippen LogP contribution in [0.15, 0.2) is 28.4 Å². The molecule has 3 aromatic rings. The van der Waals surface area contributed by atoms with Crippen molar-refractivity contribution in [1.82, 2.24) is 15.3 Å². The first-order valence-electron chi connectivity index (χ1n) is 5.73. The summed E-state index contributed by atoms with van der Waals surface area (Å²) in [5.74, 6) is 0. The van der Waals surface area contributed by atoms with Gasteiger partial charge in [0.15, 0.2) is 5.13 Å². The van der Waals surface area contributed by atoms with Crippen LogP contribution >= 0.6 is 22.7 Å². The van der Waals surface area contributed by atoms with Gasteiger partial charge in [0, 0.05) is 24.2 Å². The molecule has 5 nitrogen and oxygen atoms in total. The molecule has 4 N–H and O–H groups in total. The number of thiazole rings is 2. The number of anilines is 1. The normalized spacial score (nSPS) is 11.2. The van der Waals surface area contributed by atoms with Crippen LogP contribution in [-0.4, -0.2) is 9.97 Å². The van der Waals surface area contributed by atoms with E-state index in [9.17, 15) is 4.79 Å². The Labute approximate surface area is 117 Å². The first-order valence-corrected chi connectivity index (χ1v) is 7.43. The molecule has 2 heterocycles. The number of hydrogen-bond donors (Lipinski definition) is 3. The molecule has 98 valence electrons. The standard InChI is InChI=1S/C12H12N4OS2/c13-11-16-9-2-1-7(3-10(9)19-11)4-14-5-8-6-18-12(17)15-8/h1-3,6,14H,4-5H2,(H2,13,16)(H,15,17). The molecular formula is C12H12N4OS2. The maximum Gasteiger partial charge on any atom is 0.304 e. The lowest BCUT2D eigenvalue weighted by molar-refractivity contribution is 0.682. The van der Waals surface area contributed by atoms with Crippen LogP contribution in [-0.2, 0) is 13.1 Å². The summed E-state index contributed by atoms with van der Waals surface area (Å²) in [7, 11) is 0. The van der Waals surface area contributed by atoms with Crippen LogP contribution in [0.25, 0.3) is 10.2 Å². The van der Waals surface area contributed by atoms with Gasteiger partial charge in [-0.15, -0.1) is 0 Å². The fraction of sp³-hybridized carbons (Fsp3) is 0.167. The minimum atomic E-state index is -0.0154. The molecule has 0 atom stereocenters. The summed E-state index contributed by atoms with van der Waals surface area (Å²) < 4.78 is 1.10. The number of nitrogen functional groups attached to an aromatic ring is 1. The Morgan fingerprint density at radius 1 is 1.37 bits per heavy atom. The first kappa shape index (κ1) is 12.3. The summed E-state index contributed by atoms with van der Waals surface area (Å²) in [5, 5.41) is 5.72. The number of aromatic nitrogens is 2. The summed E-state index contributed by atoms with van der Waals surface area (Å²) >= 11 is 2.68. The van der Waals surface area contributed by atoms with E-state index in [1.165, 1.54) is 28.2 Å². The monoisotopic (exact) mass is 292 g/mol. The number of H-pyrrole nitrogens is 1. The molecule has 3 rings (SSSR count). The van der Waals surface area contributed by atoms with Gasteiger partial charge in [0.2, 0.25) is 0 Å². The highest BCUT2D eigenvalue weighted by molar-refractivity contribution is 7.22. The molecular weight excluding hydrogens is 280 g/mol. The topological polar surface area (TPSA) is 83.8 Å². The van der Waals surface area contributed by atoms with Crippen molar-refractivity contribution in [2.24, 2.45) is 0 Å². The molecule has 0 aliphatic heterocycles. The molecule has 0 bridgehead atoms. The van der Waals surface area contributed by atoms with Gasteiger partial charge in [-0.05, 0) is 17.7 Å². The highest BCUT2D eigenvalue weighted by atomic mass is 32.1. The van der Waals surface area contributed by atoms with Crippen LogP contribution in [0.2, 0.25) is 0 Å². The Kier molecular flexibility index (Phi) is 3.33. The number of aromatic amines is 1. The SMILES string of the molecule is Nc1nc2ccc(CNCc3csc(=O)[nH]3)cc2s1. The van der Waals surface area contributed by atoms with Gasteiger partial charge in [-0.3, -0.25) is 4.79 Å². The summed E-state index contributed by atoms with van der Waals surface area (Å²) in [6.45, 7) is 1.40. The second-order valence-electron chi connectivity index (χ2n) is 4.13. The largest absolute Gasteiger partial charge is 0.375 e. The minimum Gasteiger partial charge on any atom is -0.375 e. The van der Waals surface area contributed by atoms with E-state index in [0.717, 1.165) is 22.5 Å². The van der Waals surface area contributed by atoms with Gasteiger partial charge < -0.3 is 16.0 Å². The lowest BCUT2D eigenvalue weighted by Gasteiger charge is -2.03. The highest BCUT2D eigenvalue weighted by Crippen LogP contribution is 2.24. The molecule has 0 saturated carbocycles. The van der Waals surface area contributed by atoms with Gasteiger partial charge in [0.05, 0.1) is 10.2 Å². The Morgan fingerprint density at radius 3 is 3.05 bits per heavy atom. The third-order valence-corrected chi connectivity index (χ3v) is 4.25. The van der Waals surface area contributed by atoms with E-state index in [-0.39, 0.29) is 4.87 Å². The number of benzene rings is 1. The van der Waals surface area contributed by atoms with E-state index >= 15 is 0 Å². The average Bonchev–Trinajstić information content (AvgIpc) is 2.94. The predicted molar refractivity (Wildman–Crippen MR) is 79.5 cm³/mol. The van der Waals surface area contributed by atoms with Crippen molar-refractivity contribution in [2.75, 3.05) is 5.73 Å². The number of nitrogens with one attached hydrogen (secondary N) is 2. The molecule has 0 radical (unpaired) electrons. The molecule has 0 saturated heterocycles. The Morgan fingerprint density at radius 2 is 2.26 bits per heavy atom. The number of nitrogens with two attached hydrogens (primary N) is 1. The molecule has 0 aliphatic carbocycles. The summed E-state index contributed by atoms with van der Waals surface area (Å²) in [6, 6.07) is 6.10. The van der Waals surface area contributed by atoms with E-state index in [1.54, 1.807) is 0 Å². The zero-order chi connectivity index (χ0) is 13.2. The molecule has 0 amide bonds. The second kappa shape index (κ2) is 5.12. The van der Waals surface area contributed by atoms with Gasteiger partial charge in [-0.2, -0.15) is 0 Å². The number of hydrogen-bond acceptors (Lipinski definition) is 6. The van der Waals surface area contributed by atoms with E-state index in [4.69, 9.17) is 5.73 Å². The number of fused-ring (bicyclic) bond motifs is 1. The van der Waals surface area contributed by atoms with E-state index in [1.807, 2.05) is 17.5 Å². The second-order valence-corrected chi connectivity index (χ2v) is 6.04. The van der Waals surface area contributed by atoms with E-state index < -0.39 is 0 Å². The smallest absolute Gasteiger partial charge is 0.304 e. The molecule has 0 aliphatic rings. The Balaban J connectivity index is 1.66. The van der Waals surface area contributed by atoms with Crippen molar-refractivity contribution >= 4 is 38.0 Å². The molecule has 1 aromatic carbocycles. The van der Waals surface area contributed by atoms with Crippen LogP contribution in [0.3, 0.4) is 0 Å². The average molecular weight is 292 g/mol. The van der Waals surface area contributed by atoms with Crippen LogP contribution < -0.4 is 15.9 Å². The molecule has 2 aromatic heterocycles. The van der Waals surface area contributed by atoms with Crippen molar-refractivity contribution in [1.29, 1.82) is 0 Å². The maximum atomic E-state index is 11.0. The number of rotatable bonds is 4. The molecule has 7 heteroatoms. The van der Waals surface area contributed by atoms with Gasteiger partial charge in [-0.25, -0.2) is 4.98 Å². The van der Waals surface area contributed by atoms with Gasteiger partial charge in [0.25, 0.3) is 0 Å². The summed E-state index contributed by atoms with van der Waals surface area (Å²) in [6.07, 6.45) is 0. The molecule has 0 unspecified atom stereocenters. The number of nitrogens with zero attached hydrogens (tertiary/aromatic N) is 1. The predicted octanol–water partition coefficient (Wildman–Crippen LogP) is 1.92. The van der Waals surface area contributed by atoms with Crippen molar-refractivity contribution < 1.29 is 0 Å². The van der Waals surface area contributed by atoms with Crippen LogP contribution in [0.5, 0.6) is 0 Å². The fourth-order valence-corrected chi connectivity index (χ4v) is 3.22. The van der Waals surface area contributed by atoms with E-state index in [0.29, 0.717) is 11.7 Å².